The van der Waals surface area contributed by atoms with Gasteiger partial charge in [0, 0.05) is 12.3 Å². The van der Waals surface area contributed by atoms with Gasteiger partial charge in [-0.1, -0.05) is 6.42 Å². The Hall–Kier alpha value is -0.130. The zero-order valence-electron chi connectivity index (χ0n) is 7.29. The smallest absolute Gasteiger partial charge is 0.149 e. The first kappa shape index (κ1) is 9.95. The molecule has 0 saturated heterocycles. The van der Waals surface area contributed by atoms with Crippen LogP contribution in [0.25, 0.3) is 0 Å². The van der Waals surface area contributed by atoms with Crippen LogP contribution >= 0.6 is 0 Å². The van der Waals surface area contributed by atoms with Gasteiger partial charge in [0.25, 0.3) is 0 Å². The van der Waals surface area contributed by atoms with Crippen molar-refractivity contribution in [3.05, 3.63) is 0 Å². The van der Waals surface area contributed by atoms with Gasteiger partial charge in [-0.2, -0.15) is 0 Å². The van der Waals surface area contributed by atoms with Gasteiger partial charge >= 0.3 is 0 Å². The fourth-order valence-electron chi connectivity index (χ4n) is 1.49. The summed E-state index contributed by atoms with van der Waals surface area (Å²) >= 11 is 0. The molecule has 1 rings (SSSR count). The summed E-state index contributed by atoms with van der Waals surface area (Å²) in [7, 11) is -2.90. The summed E-state index contributed by atoms with van der Waals surface area (Å²) in [6.45, 7) is 0. The van der Waals surface area contributed by atoms with Gasteiger partial charge < -0.3 is 0 Å². The lowest BCUT2D eigenvalue weighted by Gasteiger charge is -2.32. The predicted molar refractivity (Wildman–Crippen MR) is 48.2 cm³/mol. The van der Waals surface area contributed by atoms with E-state index < -0.39 is 9.84 Å². The highest BCUT2D eigenvalue weighted by Crippen LogP contribution is 2.29. The van der Waals surface area contributed by atoms with Crippen molar-refractivity contribution in [3.63, 3.8) is 0 Å². The van der Waals surface area contributed by atoms with Crippen LogP contribution in [0, 0.1) is 5.92 Å². The second kappa shape index (κ2) is 3.72. The van der Waals surface area contributed by atoms with Crippen LogP contribution in [0.4, 0.5) is 0 Å². The third-order valence-electron chi connectivity index (χ3n) is 2.42. The first-order chi connectivity index (χ1) is 5.53. The molecule has 1 aliphatic carbocycles. The van der Waals surface area contributed by atoms with E-state index in [9.17, 15) is 8.42 Å². The molecular formula is C7H16N2O2S. The summed E-state index contributed by atoms with van der Waals surface area (Å²) in [5.41, 5.74) is 2.58. The zero-order chi connectivity index (χ0) is 9.19. The maximum atomic E-state index is 10.9. The molecule has 0 radical (unpaired) electrons. The van der Waals surface area contributed by atoms with Crippen molar-refractivity contribution in [2.24, 2.45) is 11.8 Å². The predicted octanol–water partition coefficient (Wildman–Crippen LogP) is -0.337. The minimum absolute atomic E-state index is 0.0475. The second-order valence-corrected chi connectivity index (χ2v) is 5.74. The third-order valence-corrected chi connectivity index (χ3v) is 3.38. The molecule has 1 fully saturated rings. The van der Waals surface area contributed by atoms with E-state index in [4.69, 9.17) is 5.84 Å². The van der Waals surface area contributed by atoms with Crippen LogP contribution < -0.4 is 11.3 Å². The van der Waals surface area contributed by atoms with Gasteiger partial charge in [0.05, 0.1) is 5.75 Å². The number of rotatable bonds is 4. The summed E-state index contributed by atoms with van der Waals surface area (Å²) in [6, 6.07) is -0.0475. The van der Waals surface area contributed by atoms with Gasteiger partial charge in [-0.15, -0.1) is 0 Å². The average molecular weight is 192 g/mol. The fourth-order valence-corrected chi connectivity index (χ4v) is 2.51. The maximum Gasteiger partial charge on any atom is 0.149 e. The van der Waals surface area contributed by atoms with Gasteiger partial charge in [0.2, 0.25) is 0 Å². The summed E-state index contributed by atoms with van der Waals surface area (Å²) in [4.78, 5) is 0. The SMILES string of the molecule is CS(=O)(=O)CC(NN)C1CCC1. The average Bonchev–Trinajstić information content (AvgIpc) is 1.79. The van der Waals surface area contributed by atoms with Crippen molar-refractivity contribution in [3.8, 4) is 0 Å². The Bertz CT molecular complexity index is 234. The van der Waals surface area contributed by atoms with E-state index in [-0.39, 0.29) is 11.8 Å². The Kier molecular flexibility index (Phi) is 3.09. The Morgan fingerprint density at radius 3 is 2.42 bits per heavy atom. The highest BCUT2D eigenvalue weighted by atomic mass is 32.2. The van der Waals surface area contributed by atoms with E-state index in [1.54, 1.807) is 0 Å². The number of nitrogens with one attached hydrogen (secondary N) is 1. The van der Waals surface area contributed by atoms with Crippen molar-refractivity contribution in [2.75, 3.05) is 12.0 Å². The molecule has 1 saturated carbocycles. The molecule has 0 bridgehead atoms. The van der Waals surface area contributed by atoms with Crippen LogP contribution in [0.15, 0.2) is 0 Å². The van der Waals surface area contributed by atoms with Crippen LogP contribution in [0.1, 0.15) is 19.3 Å². The summed E-state index contributed by atoms with van der Waals surface area (Å²) in [5, 5.41) is 0. The minimum Gasteiger partial charge on any atom is -0.271 e. The van der Waals surface area contributed by atoms with E-state index in [1.165, 1.54) is 12.7 Å². The molecule has 0 aromatic heterocycles. The lowest BCUT2D eigenvalue weighted by molar-refractivity contribution is 0.244. The number of nitrogens with two attached hydrogens (primary N) is 1. The molecule has 0 amide bonds. The molecule has 1 unspecified atom stereocenters. The van der Waals surface area contributed by atoms with E-state index in [2.05, 4.69) is 5.43 Å². The Balaban J connectivity index is 2.45. The topological polar surface area (TPSA) is 72.2 Å². The number of hydrogen-bond acceptors (Lipinski definition) is 4. The lowest BCUT2D eigenvalue weighted by atomic mass is 9.80. The quantitative estimate of drug-likeness (QED) is 0.472. The number of sulfone groups is 1. The number of hydrogen-bond donors (Lipinski definition) is 2. The third kappa shape index (κ3) is 2.73. The van der Waals surface area contributed by atoms with Crippen LogP contribution in [0.3, 0.4) is 0 Å². The van der Waals surface area contributed by atoms with Crippen molar-refractivity contribution in [2.45, 2.75) is 25.3 Å². The Labute approximate surface area is 73.4 Å². The first-order valence-corrected chi connectivity index (χ1v) is 6.23. The highest BCUT2D eigenvalue weighted by molar-refractivity contribution is 7.90. The lowest BCUT2D eigenvalue weighted by Crippen LogP contribution is -2.47. The summed E-state index contributed by atoms with van der Waals surface area (Å²) in [6.07, 6.45) is 4.65. The van der Waals surface area contributed by atoms with Crippen LogP contribution in [0.5, 0.6) is 0 Å². The molecule has 72 valence electrons. The minimum atomic E-state index is -2.90. The van der Waals surface area contributed by atoms with Gasteiger partial charge in [-0.25, -0.2) is 8.42 Å². The van der Waals surface area contributed by atoms with E-state index in [1.807, 2.05) is 0 Å². The highest BCUT2D eigenvalue weighted by Gasteiger charge is 2.28. The normalized spacial score (nSPS) is 21.8. The molecule has 5 heteroatoms. The molecule has 0 aliphatic heterocycles. The standard InChI is InChI=1S/C7H16N2O2S/c1-12(10,11)5-7(9-8)6-3-2-4-6/h6-7,9H,2-5,8H2,1H3. The Morgan fingerprint density at radius 2 is 2.17 bits per heavy atom. The molecule has 0 aromatic carbocycles. The monoisotopic (exact) mass is 192 g/mol. The Morgan fingerprint density at radius 1 is 1.58 bits per heavy atom. The summed E-state index contributed by atoms with van der Waals surface area (Å²) in [5.74, 6) is 5.90. The van der Waals surface area contributed by atoms with Crippen molar-refractivity contribution in [1.29, 1.82) is 0 Å². The molecule has 0 heterocycles. The van der Waals surface area contributed by atoms with Gasteiger partial charge in [-0.3, -0.25) is 11.3 Å². The van der Waals surface area contributed by atoms with Crippen molar-refractivity contribution >= 4 is 9.84 Å². The fraction of sp³-hybridized carbons (Fsp3) is 1.00. The van der Waals surface area contributed by atoms with E-state index in [0.29, 0.717) is 5.92 Å². The molecule has 1 atom stereocenters. The van der Waals surface area contributed by atoms with Gasteiger partial charge in [0.15, 0.2) is 0 Å². The first-order valence-electron chi connectivity index (χ1n) is 4.17. The van der Waals surface area contributed by atoms with Gasteiger partial charge in [-0.05, 0) is 18.8 Å². The molecule has 0 spiro atoms. The molecule has 4 nitrogen and oxygen atoms in total. The maximum absolute atomic E-state index is 10.9. The van der Waals surface area contributed by atoms with E-state index in [0.717, 1.165) is 12.8 Å². The second-order valence-electron chi connectivity index (χ2n) is 3.56. The summed E-state index contributed by atoms with van der Waals surface area (Å²) < 4.78 is 21.9. The molecule has 0 aromatic rings. The molecular weight excluding hydrogens is 176 g/mol. The molecule has 3 N–H and O–H groups in total. The van der Waals surface area contributed by atoms with Crippen molar-refractivity contribution < 1.29 is 8.42 Å². The number of hydrazine groups is 1. The van der Waals surface area contributed by atoms with Crippen molar-refractivity contribution in [1.82, 2.24) is 5.43 Å². The van der Waals surface area contributed by atoms with Crippen LogP contribution in [-0.2, 0) is 9.84 Å². The molecule has 12 heavy (non-hydrogen) atoms. The van der Waals surface area contributed by atoms with Gasteiger partial charge in [0.1, 0.15) is 9.84 Å². The van der Waals surface area contributed by atoms with Crippen LogP contribution in [-0.4, -0.2) is 26.5 Å². The zero-order valence-corrected chi connectivity index (χ0v) is 8.10. The largest absolute Gasteiger partial charge is 0.271 e. The van der Waals surface area contributed by atoms with E-state index >= 15 is 0 Å². The molecule has 1 aliphatic rings. The van der Waals surface area contributed by atoms with Crippen LogP contribution in [0.2, 0.25) is 0 Å².